The third kappa shape index (κ3) is 3.23. The molecule has 0 aliphatic rings. The maximum absolute atomic E-state index is 10.3. The van der Waals surface area contributed by atoms with Gasteiger partial charge in [-0.25, -0.2) is 0 Å². The molecule has 2 rings (SSSR count). The number of hydrogen-bond acceptors (Lipinski definition) is 2. The molecule has 1 heterocycles. The molecule has 0 saturated heterocycles. The Morgan fingerprint density at radius 2 is 1.79 bits per heavy atom. The molecule has 102 valence electrons. The minimum Gasteiger partial charge on any atom is -0.388 e. The number of rotatable bonds is 3. The predicted molar refractivity (Wildman–Crippen MR) is 78.1 cm³/mol. The molecule has 0 aliphatic heterocycles. The Hall–Kier alpha value is -0.740. The molecule has 2 aromatic rings. The van der Waals surface area contributed by atoms with E-state index in [2.05, 4.69) is 5.10 Å². The molecule has 3 nitrogen and oxygen atoms in total. The fraction of sp³-hybridized carbons (Fsp3) is 0.308. The van der Waals surface area contributed by atoms with E-state index in [1.807, 2.05) is 6.92 Å². The van der Waals surface area contributed by atoms with Crippen LogP contribution in [0.1, 0.15) is 23.1 Å². The van der Waals surface area contributed by atoms with Gasteiger partial charge in [0.2, 0.25) is 0 Å². The van der Waals surface area contributed by atoms with Crippen molar-refractivity contribution in [2.75, 3.05) is 0 Å². The minimum atomic E-state index is -0.733. The zero-order valence-corrected chi connectivity index (χ0v) is 12.8. The highest BCUT2D eigenvalue weighted by Gasteiger charge is 2.17. The molecule has 0 saturated carbocycles. The van der Waals surface area contributed by atoms with Crippen LogP contribution in [-0.4, -0.2) is 14.9 Å². The van der Waals surface area contributed by atoms with Crippen molar-refractivity contribution in [3.05, 3.63) is 50.2 Å². The number of nitrogens with zero attached hydrogens (tertiary/aromatic N) is 2. The molecule has 1 unspecified atom stereocenters. The van der Waals surface area contributed by atoms with E-state index >= 15 is 0 Å². The van der Waals surface area contributed by atoms with Crippen molar-refractivity contribution in [2.45, 2.75) is 19.4 Å². The second-order valence-corrected chi connectivity index (χ2v) is 5.64. The lowest BCUT2D eigenvalue weighted by Crippen LogP contribution is -2.07. The van der Waals surface area contributed by atoms with Crippen molar-refractivity contribution >= 4 is 34.8 Å². The normalized spacial score (nSPS) is 12.7. The Bertz CT molecular complexity index is 590. The van der Waals surface area contributed by atoms with Gasteiger partial charge in [-0.1, -0.05) is 34.8 Å². The largest absolute Gasteiger partial charge is 0.388 e. The van der Waals surface area contributed by atoms with Crippen LogP contribution >= 0.6 is 34.8 Å². The maximum atomic E-state index is 10.3. The molecule has 1 atom stereocenters. The van der Waals surface area contributed by atoms with Crippen molar-refractivity contribution in [1.82, 2.24) is 9.78 Å². The Morgan fingerprint density at radius 1 is 1.21 bits per heavy atom. The van der Waals surface area contributed by atoms with Gasteiger partial charge in [-0.15, -0.1) is 0 Å². The lowest BCUT2D eigenvalue weighted by Gasteiger charge is -2.12. The van der Waals surface area contributed by atoms with E-state index in [9.17, 15) is 5.11 Å². The SMILES string of the molecule is Cc1nn(C)c(CC(O)c2cc(Cl)cc(Cl)c2)c1Cl. The summed E-state index contributed by atoms with van der Waals surface area (Å²) in [5.41, 5.74) is 2.19. The summed E-state index contributed by atoms with van der Waals surface area (Å²) >= 11 is 18.0. The minimum absolute atomic E-state index is 0.354. The number of aryl methyl sites for hydroxylation is 2. The molecular weight excluding hydrogens is 307 g/mol. The summed E-state index contributed by atoms with van der Waals surface area (Å²) in [6.07, 6.45) is -0.379. The molecule has 0 spiro atoms. The molecule has 1 N–H and O–H groups in total. The summed E-state index contributed by atoms with van der Waals surface area (Å²) in [4.78, 5) is 0. The van der Waals surface area contributed by atoms with E-state index in [1.54, 1.807) is 29.9 Å². The van der Waals surface area contributed by atoms with Crippen molar-refractivity contribution in [1.29, 1.82) is 0 Å². The average molecular weight is 320 g/mol. The number of aromatic nitrogens is 2. The van der Waals surface area contributed by atoms with Gasteiger partial charge in [0.05, 0.1) is 22.5 Å². The number of halogens is 3. The van der Waals surface area contributed by atoms with Crippen LogP contribution in [0.5, 0.6) is 0 Å². The maximum Gasteiger partial charge on any atom is 0.0848 e. The average Bonchev–Trinajstić information content (AvgIpc) is 2.54. The molecule has 19 heavy (non-hydrogen) atoms. The highest BCUT2D eigenvalue weighted by Crippen LogP contribution is 2.28. The molecule has 1 aromatic carbocycles. The first-order chi connectivity index (χ1) is 8.88. The summed E-state index contributed by atoms with van der Waals surface area (Å²) in [5, 5.41) is 16.0. The topological polar surface area (TPSA) is 38.0 Å². The quantitative estimate of drug-likeness (QED) is 0.929. The van der Waals surface area contributed by atoms with Crippen LogP contribution in [0.25, 0.3) is 0 Å². The molecule has 0 radical (unpaired) electrons. The van der Waals surface area contributed by atoms with Crippen molar-refractivity contribution in [3.63, 3.8) is 0 Å². The van der Waals surface area contributed by atoms with Crippen molar-refractivity contribution < 1.29 is 5.11 Å². The van der Waals surface area contributed by atoms with Gasteiger partial charge in [-0.2, -0.15) is 5.10 Å². The van der Waals surface area contributed by atoms with Crippen LogP contribution in [-0.2, 0) is 13.5 Å². The Balaban J connectivity index is 2.27. The molecule has 6 heteroatoms. The van der Waals surface area contributed by atoms with Crippen LogP contribution < -0.4 is 0 Å². The van der Waals surface area contributed by atoms with Gasteiger partial charge in [0, 0.05) is 23.5 Å². The summed E-state index contributed by atoms with van der Waals surface area (Å²) in [6, 6.07) is 5.00. The number of hydrogen-bond donors (Lipinski definition) is 1. The van der Waals surface area contributed by atoms with E-state index in [4.69, 9.17) is 34.8 Å². The number of aliphatic hydroxyl groups excluding tert-OH is 1. The zero-order valence-electron chi connectivity index (χ0n) is 10.5. The second kappa shape index (κ2) is 5.71. The number of benzene rings is 1. The highest BCUT2D eigenvalue weighted by atomic mass is 35.5. The molecular formula is C13H13Cl3N2O. The van der Waals surface area contributed by atoms with Crippen molar-refractivity contribution in [3.8, 4) is 0 Å². The van der Waals surface area contributed by atoms with Crippen LogP contribution in [0.4, 0.5) is 0 Å². The molecule has 0 amide bonds. The van der Waals surface area contributed by atoms with Crippen LogP contribution in [0, 0.1) is 6.92 Å². The van der Waals surface area contributed by atoms with Crippen LogP contribution in [0.3, 0.4) is 0 Å². The monoisotopic (exact) mass is 318 g/mol. The third-order valence-corrected chi connectivity index (χ3v) is 3.85. The van der Waals surface area contributed by atoms with Gasteiger partial charge in [0.1, 0.15) is 0 Å². The first-order valence-electron chi connectivity index (χ1n) is 5.70. The fourth-order valence-corrected chi connectivity index (χ4v) is 2.75. The predicted octanol–water partition coefficient (Wildman–Crippen LogP) is 3.96. The van der Waals surface area contributed by atoms with Crippen LogP contribution in [0.15, 0.2) is 18.2 Å². The summed E-state index contributed by atoms with van der Waals surface area (Å²) in [7, 11) is 1.80. The van der Waals surface area contributed by atoms with Gasteiger partial charge in [-0.05, 0) is 30.7 Å². The Labute approximate surface area is 126 Å². The van der Waals surface area contributed by atoms with E-state index < -0.39 is 6.10 Å². The van der Waals surface area contributed by atoms with Crippen LogP contribution in [0.2, 0.25) is 15.1 Å². The Kier molecular flexibility index (Phi) is 4.41. The summed E-state index contributed by atoms with van der Waals surface area (Å²) in [6.45, 7) is 1.83. The van der Waals surface area contributed by atoms with E-state index in [-0.39, 0.29) is 0 Å². The molecule has 0 fully saturated rings. The van der Waals surface area contributed by atoms with E-state index in [0.717, 1.165) is 11.4 Å². The molecule has 0 bridgehead atoms. The van der Waals surface area contributed by atoms with Crippen molar-refractivity contribution in [2.24, 2.45) is 7.05 Å². The fourth-order valence-electron chi connectivity index (χ4n) is 1.97. The highest BCUT2D eigenvalue weighted by molar-refractivity contribution is 6.34. The first kappa shape index (κ1) is 14.7. The van der Waals surface area contributed by atoms with E-state index in [0.29, 0.717) is 27.1 Å². The molecule has 0 aliphatic carbocycles. The van der Waals surface area contributed by atoms with Gasteiger partial charge < -0.3 is 5.11 Å². The van der Waals surface area contributed by atoms with Gasteiger partial charge in [-0.3, -0.25) is 4.68 Å². The summed E-state index contributed by atoms with van der Waals surface area (Å²) < 4.78 is 1.67. The summed E-state index contributed by atoms with van der Waals surface area (Å²) in [5.74, 6) is 0. The lowest BCUT2D eigenvalue weighted by atomic mass is 10.0. The van der Waals surface area contributed by atoms with E-state index in [1.165, 1.54) is 0 Å². The smallest absolute Gasteiger partial charge is 0.0848 e. The first-order valence-corrected chi connectivity index (χ1v) is 6.84. The standard InChI is InChI=1S/C13H13Cl3N2O/c1-7-13(16)11(18(2)17-7)6-12(19)8-3-9(14)5-10(15)4-8/h3-5,12,19H,6H2,1-2H3. The Morgan fingerprint density at radius 3 is 2.26 bits per heavy atom. The third-order valence-electron chi connectivity index (χ3n) is 2.92. The number of aliphatic hydroxyl groups is 1. The molecule has 1 aromatic heterocycles. The van der Waals surface area contributed by atoms with Gasteiger partial charge >= 0.3 is 0 Å². The van der Waals surface area contributed by atoms with Gasteiger partial charge in [0.15, 0.2) is 0 Å². The van der Waals surface area contributed by atoms with Gasteiger partial charge in [0.25, 0.3) is 0 Å². The zero-order chi connectivity index (χ0) is 14.2. The lowest BCUT2D eigenvalue weighted by molar-refractivity contribution is 0.176. The second-order valence-electron chi connectivity index (χ2n) is 4.39.